The van der Waals surface area contributed by atoms with Gasteiger partial charge in [0.1, 0.15) is 61.8 Å². The summed E-state index contributed by atoms with van der Waals surface area (Å²) >= 11 is 9.29. The quantitative estimate of drug-likeness (QED) is 0.0458. The first-order valence-electron chi connectivity index (χ1n) is 25.3. The second-order valence-electron chi connectivity index (χ2n) is 19.0. The van der Waals surface area contributed by atoms with Crippen molar-refractivity contribution >= 4 is 113 Å². The van der Waals surface area contributed by atoms with Gasteiger partial charge < -0.3 is 49.6 Å². The number of carbonyl (C=O) groups excluding carboxylic acids is 6. The van der Waals surface area contributed by atoms with E-state index in [0.29, 0.717) is 11.3 Å². The van der Waals surface area contributed by atoms with Crippen LogP contribution < -0.4 is 21.7 Å². The van der Waals surface area contributed by atoms with Crippen molar-refractivity contribution in [2.75, 3.05) is 56.3 Å². The molecule has 10 rings (SSSR count). The highest BCUT2D eigenvalue weighted by Crippen LogP contribution is 2.59. The van der Waals surface area contributed by atoms with E-state index in [1.807, 2.05) is 6.07 Å². The molecule has 30 nitrogen and oxygen atoms in total. The van der Waals surface area contributed by atoms with Gasteiger partial charge >= 0.3 is 25.7 Å². The van der Waals surface area contributed by atoms with Crippen LogP contribution >= 0.6 is 25.8 Å². The maximum Gasteiger partial charge on any atom is 0.412 e. The number of carbonyl (C=O) groups is 6. The molecule has 36 heteroatoms. The van der Waals surface area contributed by atoms with Gasteiger partial charge in [0.05, 0.1) is 32.4 Å². The number of nitrogen functional groups attached to an aromatic ring is 1. The summed E-state index contributed by atoms with van der Waals surface area (Å²) in [5, 5.41) is 7.89. The molecule has 2 aromatic carbocycles. The molecule has 4 aromatic heterocycles. The zero-order valence-corrected chi connectivity index (χ0v) is 47.1. The van der Waals surface area contributed by atoms with Gasteiger partial charge in [-0.3, -0.25) is 52.1 Å². The molecule has 3 saturated heterocycles. The molecule has 6 N–H and O–H groups in total. The van der Waals surface area contributed by atoms with Crippen LogP contribution in [0.4, 0.5) is 35.7 Å². The monoisotopic (exact) mass is 1240 g/mol. The van der Waals surface area contributed by atoms with E-state index >= 15 is 8.78 Å². The lowest BCUT2D eigenvalue weighted by atomic mass is 10.0. The second kappa shape index (κ2) is 25.4. The van der Waals surface area contributed by atoms with Crippen LogP contribution in [0.25, 0.3) is 22.3 Å². The van der Waals surface area contributed by atoms with Crippen LogP contribution in [0.15, 0.2) is 92.1 Å². The van der Waals surface area contributed by atoms with E-state index < -0.39 is 118 Å². The van der Waals surface area contributed by atoms with Gasteiger partial charge in [-0.15, -0.1) is 0 Å². The number of imidazole rings is 2. The summed E-state index contributed by atoms with van der Waals surface area (Å²) in [6.07, 6.45) is -8.94. The average Bonchev–Trinajstić information content (AvgIpc) is 3.61. The number of nitrogens with one attached hydrogen (secondary N) is 3. The first kappa shape index (κ1) is 59.7. The molecule has 0 radical (unpaired) electrons. The zero-order valence-electron chi connectivity index (χ0n) is 43.6. The van der Waals surface area contributed by atoms with Crippen molar-refractivity contribution in [2.24, 2.45) is 0 Å². The summed E-state index contributed by atoms with van der Waals surface area (Å²) < 4.78 is 93.8. The number of nitrogens with zero attached hydrogens (tertiary/aromatic N) is 10. The average molecular weight is 1240 g/mol. The number of hydrogen-bond acceptors (Lipinski definition) is 23. The molecule has 0 bridgehead atoms. The van der Waals surface area contributed by atoms with Crippen LogP contribution in [0.2, 0.25) is 0 Å². The van der Waals surface area contributed by atoms with E-state index in [1.54, 1.807) is 48.5 Å². The van der Waals surface area contributed by atoms with Crippen molar-refractivity contribution in [3.63, 3.8) is 0 Å². The van der Waals surface area contributed by atoms with Crippen molar-refractivity contribution in [1.82, 2.24) is 54.2 Å². The minimum atomic E-state index is -4.56. The third-order valence-corrected chi connectivity index (χ3v) is 16.5. The first-order valence-corrected chi connectivity index (χ1v) is 30.6. The van der Waals surface area contributed by atoms with Crippen LogP contribution in [0.1, 0.15) is 30.0 Å². The molecule has 8 heterocycles. The van der Waals surface area contributed by atoms with Gasteiger partial charge in [-0.25, -0.2) is 52.8 Å². The van der Waals surface area contributed by atoms with Crippen molar-refractivity contribution in [2.45, 2.75) is 74.7 Å². The van der Waals surface area contributed by atoms with E-state index in [0.717, 1.165) is 51.1 Å². The summed E-state index contributed by atoms with van der Waals surface area (Å²) in [6.45, 7) is -11.2. The number of alkyl halides is 2. The van der Waals surface area contributed by atoms with E-state index in [2.05, 4.69) is 58.1 Å². The number of benzene rings is 2. The standard InChI is InChI=1S/C48H50F2N14O16P2S2/c1-61(48(70)74-18-26-7-9-27(10-8-26)58-44(68)28(17-25-5-3-2-4-6-25)59-31(65)13-14-62-32(66)11-12-33(62)67)15-16-73-47(69)60-41-37-43(55-22-53-41)64(24-57-37)46-35(50)39-30(78-46)20-76-81(71,83)79-38-29(19-75-82(72,84)80-39)77-45(34(38)49)63-23-56-36-40(51)52-21-54-42(36)63/h2-12,21-24,28-30,34-35,38-39,45-46H,13-20H2,1H3,(H,58,68)(H,59,65)(H,71,83)(H,72,84)(H2,51,52,54)(H,53,55,60,69)/t28-,29-,30-,34-,35-,38-,39-,45-,46-,81?,82?/m1/s1. The number of hydrogen-bond donors (Lipinski definition) is 6. The Hall–Kier alpha value is -7.49. The Morgan fingerprint density at radius 3 is 2.13 bits per heavy atom. The van der Waals surface area contributed by atoms with Gasteiger partial charge in [0.2, 0.25) is 11.8 Å². The Morgan fingerprint density at radius 2 is 1.45 bits per heavy atom. The number of imide groups is 1. The molecule has 6 amide bonds. The Bertz CT molecular complexity index is 3600. The smallest absolute Gasteiger partial charge is 0.412 e. The number of nitrogens with two attached hydrogens (primary N) is 1. The maximum atomic E-state index is 16.7. The topological polar surface area (TPSA) is 369 Å². The molecule has 0 saturated carbocycles. The molecule has 4 aliphatic heterocycles. The predicted molar refractivity (Wildman–Crippen MR) is 293 cm³/mol. The van der Waals surface area contributed by atoms with Crippen molar-refractivity contribution in [1.29, 1.82) is 0 Å². The number of thiol groups is 1. The van der Waals surface area contributed by atoms with E-state index in [4.69, 9.17) is 54.6 Å². The summed E-state index contributed by atoms with van der Waals surface area (Å²) in [5.41, 5.74) is 7.72. The van der Waals surface area contributed by atoms with Crippen molar-refractivity contribution < 1.29 is 84.0 Å². The Kier molecular flexibility index (Phi) is 18.0. The van der Waals surface area contributed by atoms with Gasteiger partial charge in [-0.2, -0.15) is 0 Å². The first-order chi connectivity index (χ1) is 40.2. The van der Waals surface area contributed by atoms with Gasteiger partial charge in [0, 0.05) is 44.3 Å². The second-order valence-corrected chi connectivity index (χ2v) is 24.6. The molecule has 84 heavy (non-hydrogen) atoms. The summed E-state index contributed by atoms with van der Waals surface area (Å²) in [5.74, 6) is -2.28. The zero-order chi connectivity index (χ0) is 59.5. The largest absolute Gasteiger partial charge is 0.447 e. The highest BCUT2D eigenvalue weighted by molar-refractivity contribution is 8.44. The molecule has 0 spiro atoms. The number of likely N-dealkylation sites (N-methyl/N-ethyl adjacent to an activating group) is 1. The molecular formula is C48H50F2N14O16P2S2. The fourth-order valence-electron chi connectivity index (χ4n) is 9.10. The Labute approximate surface area is 483 Å². The minimum absolute atomic E-state index is 0.0140. The molecule has 6 aromatic rings. The molecule has 3 fully saturated rings. The molecule has 11 atom stereocenters. The van der Waals surface area contributed by atoms with Crippen LogP contribution in [0.5, 0.6) is 0 Å². The minimum Gasteiger partial charge on any atom is -0.447 e. The van der Waals surface area contributed by atoms with E-state index in [1.165, 1.54) is 17.9 Å². The number of ether oxygens (including phenoxy) is 4. The van der Waals surface area contributed by atoms with Crippen molar-refractivity contribution in [3.05, 3.63) is 103 Å². The SMILES string of the molecule is CN(CCOC(=O)Nc1ncnc2c1ncn2[C@@H]1O[C@@H]2COP(O)(=S)O[C@H]3[C@@H](F)[C@H](n4cnc5c(N)ncnc54)O[C@@H]3COP(=O)(S)O[C@H]2[C@H]1F)C(=O)OCc1ccc(NC(=O)[C@@H](Cc2ccccc2)NC(=O)CCN2C(=O)C=CC2=O)cc1. The number of fused-ring (bicyclic) bond motifs is 4. The summed E-state index contributed by atoms with van der Waals surface area (Å²) in [4.78, 5) is 114. The molecular weight excluding hydrogens is 1190 g/mol. The fraction of sp³-hybridized carbons (Fsp3) is 0.375. The Balaban J connectivity index is 0.694. The van der Waals surface area contributed by atoms with Gasteiger partial charge in [0.15, 0.2) is 53.2 Å². The lowest BCUT2D eigenvalue weighted by molar-refractivity contribution is -0.137. The summed E-state index contributed by atoms with van der Waals surface area (Å²) in [7, 11) is 1.41. The van der Waals surface area contributed by atoms with Crippen LogP contribution in [0.3, 0.4) is 0 Å². The van der Waals surface area contributed by atoms with Crippen molar-refractivity contribution in [3.8, 4) is 0 Å². The lowest BCUT2D eigenvalue weighted by Gasteiger charge is -2.29. The summed E-state index contributed by atoms with van der Waals surface area (Å²) in [6, 6.07) is 14.4. The number of halogens is 2. The molecule has 444 valence electrons. The van der Waals surface area contributed by atoms with E-state index in [-0.39, 0.29) is 73.1 Å². The van der Waals surface area contributed by atoms with Gasteiger partial charge in [-0.05, 0) is 35.1 Å². The third-order valence-electron chi connectivity index (χ3n) is 13.3. The maximum absolute atomic E-state index is 16.7. The number of amides is 6. The Morgan fingerprint density at radius 1 is 0.833 bits per heavy atom. The fourth-order valence-corrected chi connectivity index (χ4v) is 12.0. The normalized spacial score (nSPS) is 26.4. The highest BCUT2D eigenvalue weighted by atomic mass is 32.7. The highest BCUT2D eigenvalue weighted by Gasteiger charge is 2.54. The number of aromatic nitrogens is 8. The van der Waals surface area contributed by atoms with E-state index in [9.17, 15) is 38.2 Å². The van der Waals surface area contributed by atoms with Gasteiger partial charge in [-0.1, -0.05) is 54.7 Å². The molecule has 0 aliphatic carbocycles. The molecule has 4 aliphatic rings. The van der Waals surface area contributed by atoms with Crippen LogP contribution in [-0.4, -0.2) is 172 Å². The molecule has 2 unspecified atom stereocenters. The van der Waals surface area contributed by atoms with Gasteiger partial charge in [0.25, 0.3) is 11.8 Å². The third kappa shape index (κ3) is 13.7. The predicted octanol–water partition coefficient (Wildman–Crippen LogP) is 3.59. The number of rotatable bonds is 16. The van der Waals surface area contributed by atoms with Crippen LogP contribution in [0, 0.1) is 0 Å². The van der Waals surface area contributed by atoms with Crippen LogP contribution in [-0.2, 0) is 85.6 Å². The number of anilines is 3. The lowest BCUT2D eigenvalue weighted by Crippen LogP contribution is -2.46.